The van der Waals surface area contributed by atoms with Crippen molar-refractivity contribution >= 4 is 0 Å². The first-order valence-electron chi connectivity index (χ1n) is 8.29. The molecule has 0 saturated heterocycles. The quantitative estimate of drug-likeness (QED) is 0.837. The molecule has 0 aliphatic heterocycles. The van der Waals surface area contributed by atoms with Gasteiger partial charge in [-0.2, -0.15) is 0 Å². The maximum Gasteiger partial charge on any atom is 0.141 e. The maximum atomic E-state index is 13.2. The third-order valence-electron chi connectivity index (χ3n) is 5.46. The number of nitrogens with zero attached hydrogens (tertiary/aromatic N) is 1. The highest BCUT2D eigenvalue weighted by atomic mass is 19.1. The fraction of sp³-hybridized carbons (Fsp3) is 0.722. The third kappa shape index (κ3) is 4.26. The van der Waals surface area contributed by atoms with Crippen LogP contribution in [0.2, 0.25) is 0 Å². The first-order valence-corrected chi connectivity index (χ1v) is 8.29. The van der Waals surface area contributed by atoms with Crippen molar-refractivity contribution in [1.82, 2.24) is 10.3 Å². The zero-order chi connectivity index (χ0) is 15.5. The van der Waals surface area contributed by atoms with Gasteiger partial charge in [0.15, 0.2) is 0 Å². The van der Waals surface area contributed by atoms with E-state index in [1.54, 1.807) is 12.3 Å². The largest absolute Gasteiger partial charge is 0.307 e. The second-order valence-corrected chi connectivity index (χ2v) is 7.22. The van der Waals surface area contributed by atoms with Crippen molar-refractivity contribution in [2.45, 2.75) is 71.9 Å². The highest BCUT2D eigenvalue weighted by Gasteiger charge is 2.32. The molecule has 21 heavy (non-hydrogen) atoms. The molecule has 0 radical (unpaired) electrons. The van der Waals surface area contributed by atoms with Gasteiger partial charge in [-0.1, -0.05) is 27.2 Å². The Bertz CT molecular complexity index is 450. The number of hydrogen-bond acceptors (Lipinski definition) is 2. The minimum absolute atomic E-state index is 0.161. The van der Waals surface area contributed by atoms with Crippen LogP contribution >= 0.6 is 0 Å². The van der Waals surface area contributed by atoms with Gasteiger partial charge in [0.05, 0.1) is 6.20 Å². The van der Waals surface area contributed by atoms with Gasteiger partial charge in [-0.3, -0.25) is 4.98 Å². The summed E-state index contributed by atoms with van der Waals surface area (Å²) in [5, 5.41) is 3.65. The fourth-order valence-corrected chi connectivity index (χ4v) is 3.45. The van der Waals surface area contributed by atoms with Crippen LogP contribution < -0.4 is 5.32 Å². The Morgan fingerprint density at radius 2 is 1.95 bits per heavy atom. The number of pyridine rings is 1. The van der Waals surface area contributed by atoms with Gasteiger partial charge in [0, 0.05) is 18.3 Å². The molecule has 1 aliphatic rings. The van der Waals surface area contributed by atoms with E-state index in [0.29, 0.717) is 11.5 Å². The summed E-state index contributed by atoms with van der Waals surface area (Å²) in [4.78, 5) is 3.94. The molecule has 1 saturated carbocycles. The Balaban J connectivity index is 1.86. The zero-order valence-corrected chi connectivity index (χ0v) is 13.8. The second-order valence-electron chi connectivity index (χ2n) is 7.22. The lowest BCUT2D eigenvalue weighted by Crippen LogP contribution is -2.38. The topological polar surface area (TPSA) is 24.9 Å². The van der Waals surface area contributed by atoms with E-state index in [1.165, 1.54) is 38.3 Å². The summed E-state index contributed by atoms with van der Waals surface area (Å²) in [5.74, 6) is 0.584. The van der Waals surface area contributed by atoms with Gasteiger partial charge in [-0.25, -0.2) is 4.39 Å². The molecule has 3 heteroatoms. The van der Waals surface area contributed by atoms with Crippen LogP contribution in [-0.2, 0) is 0 Å². The molecule has 1 aliphatic carbocycles. The van der Waals surface area contributed by atoms with Crippen molar-refractivity contribution in [3.8, 4) is 0 Å². The average Bonchev–Trinajstić information content (AvgIpc) is 2.48. The lowest BCUT2D eigenvalue weighted by atomic mass is 9.69. The molecule has 118 valence electrons. The molecule has 1 aromatic heterocycles. The number of halogens is 1. The predicted molar refractivity (Wildman–Crippen MR) is 85.6 cm³/mol. The molecule has 0 bridgehead atoms. The van der Waals surface area contributed by atoms with Crippen molar-refractivity contribution in [2.24, 2.45) is 11.3 Å². The Kier molecular flexibility index (Phi) is 5.37. The van der Waals surface area contributed by atoms with E-state index in [9.17, 15) is 4.39 Å². The summed E-state index contributed by atoms with van der Waals surface area (Å²) in [7, 11) is 0. The van der Waals surface area contributed by atoms with Crippen LogP contribution in [0.1, 0.15) is 71.4 Å². The van der Waals surface area contributed by atoms with Crippen LogP contribution in [0.4, 0.5) is 4.39 Å². The Morgan fingerprint density at radius 3 is 2.52 bits per heavy atom. The van der Waals surface area contributed by atoms with E-state index in [0.717, 1.165) is 11.5 Å². The number of rotatable bonds is 5. The Hall–Kier alpha value is -0.960. The van der Waals surface area contributed by atoms with E-state index in [4.69, 9.17) is 0 Å². The van der Waals surface area contributed by atoms with Gasteiger partial charge in [-0.15, -0.1) is 0 Å². The summed E-state index contributed by atoms with van der Waals surface area (Å²) in [6, 6.07) is 2.29. The molecule has 2 nitrogen and oxygen atoms in total. The lowest BCUT2D eigenvalue weighted by molar-refractivity contribution is 0.134. The van der Waals surface area contributed by atoms with Gasteiger partial charge < -0.3 is 5.32 Å². The fourth-order valence-electron chi connectivity index (χ4n) is 3.45. The Morgan fingerprint density at radius 1 is 1.29 bits per heavy atom. The summed E-state index contributed by atoms with van der Waals surface area (Å²) in [5.41, 5.74) is 1.40. The van der Waals surface area contributed by atoms with E-state index < -0.39 is 0 Å². The van der Waals surface area contributed by atoms with E-state index in [2.05, 4.69) is 38.0 Å². The van der Waals surface area contributed by atoms with Crippen molar-refractivity contribution in [3.63, 3.8) is 0 Å². The smallest absolute Gasteiger partial charge is 0.141 e. The lowest BCUT2D eigenvalue weighted by Gasteiger charge is -2.39. The summed E-state index contributed by atoms with van der Waals surface area (Å²) in [6.07, 6.45) is 9.31. The van der Waals surface area contributed by atoms with Crippen molar-refractivity contribution in [1.29, 1.82) is 0 Å². The molecule has 0 amide bonds. The van der Waals surface area contributed by atoms with Crippen LogP contribution in [0.5, 0.6) is 0 Å². The molecule has 1 N–H and O–H groups in total. The molecular formula is C18H29FN2. The molecule has 2 rings (SSSR count). The number of hydrogen-bond donors (Lipinski definition) is 1. The normalized spacial score (nSPS) is 24.8. The third-order valence-corrected chi connectivity index (χ3v) is 5.46. The van der Waals surface area contributed by atoms with E-state index >= 15 is 0 Å². The maximum absolute atomic E-state index is 13.2. The second kappa shape index (κ2) is 6.87. The highest BCUT2D eigenvalue weighted by Crippen LogP contribution is 2.40. The molecule has 1 fully saturated rings. The van der Waals surface area contributed by atoms with Crippen molar-refractivity contribution in [3.05, 3.63) is 29.8 Å². The molecule has 1 unspecified atom stereocenters. The van der Waals surface area contributed by atoms with Crippen LogP contribution in [0, 0.1) is 17.2 Å². The van der Waals surface area contributed by atoms with Crippen LogP contribution in [-0.4, -0.2) is 11.0 Å². The van der Waals surface area contributed by atoms with Crippen LogP contribution in [0.3, 0.4) is 0 Å². The van der Waals surface area contributed by atoms with Gasteiger partial charge >= 0.3 is 0 Å². The molecule has 0 aromatic carbocycles. The molecule has 1 atom stereocenters. The van der Waals surface area contributed by atoms with Crippen molar-refractivity contribution in [2.75, 3.05) is 0 Å². The predicted octanol–water partition coefficient (Wildman–Crippen LogP) is 4.87. The number of nitrogens with one attached hydrogen (secondary N) is 1. The minimum Gasteiger partial charge on any atom is -0.307 e. The summed E-state index contributed by atoms with van der Waals surface area (Å²) < 4.78 is 13.2. The minimum atomic E-state index is -0.255. The van der Waals surface area contributed by atoms with Crippen LogP contribution in [0.25, 0.3) is 0 Å². The molecule has 0 spiro atoms. The number of aromatic nitrogens is 1. The van der Waals surface area contributed by atoms with Gasteiger partial charge in [0.25, 0.3) is 0 Å². The van der Waals surface area contributed by atoms with Crippen molar-refractivity contribution < 1.29 is 4.39 Å². The summed E-state index contributed by atoms with van der Waals surface area (Å²) >= 11 is 0. The van der Waals surface area contributed by atoms with Crippen LogP contribution in [0.15, 0.2) is 18.5 Å². The molecule has 1 aromatic rings. The van der Waals surface area contributed by atoms with E-state index in [1.807, 2.05) is 0 Å². The standard InChI is InChI=1S/C18H29FN2/c1-5-18(3,4)15-6-8-17(9-7-15)21-13(2)14-10-16(19)12-20-11-14/h10-13,15,17,21H,5-9H2,1-4H3. The first-order chi connectivity index (χ1) is 9.92. The zero-order valence-electron chi connectivity index (χ0n) is 13.8. The van der Waals surface area contributed by atoms with Gasteiger partial charge in [0.2, 0.25) is 0 Å². The first kappa shape index (κ1) is 16.4. The monoisotopic (exact) mass is 292 g/mol. The molecular weight excluding hydrogens is 263 g/mol. The van der Waals surface area contributed by atoms with Gasteiger partial charge in [0.1, 0.15) is 5.82 Å². The molecule has 1 heterocycles. The summed E-state index contributed by atoms with van der Waals surface area (Å²) in [6.45, 7) is 9.18. The Labute approximate surface area is 128 Å². The highest BCUT2D eigenvalue weighted by molar-refractivity contribution is 5.14. The SMILES string of the molecule is CCC(C)(C)C1CCC(NC(C)c2cncc(F)c2)CC1. The van der Waals surface area contributed by atoms with Gasteiger partial charge in [-0.05, 0) is 55.6 Å². The van der Waals surface area contributed by atoms with E-state index in [-0.39, 0.29) is 11.9 Å². The average molecular weight is 292 g/mol.